The molecule has 0 aromatic heterocycles. The predicted molar refractivity (Wildman–Crippen MR) is 122 cm³/mol. The Morgan fingerprint density at radius 2 is 2.06 bits per heavy atom. The van der Waals surface area contributed by atoms with E-state index in [1.165, 1.54) is 21.6 Å². The maximum atomic E-state index is 12.1. The minimum Gasteiger partial charge on any atom is -0.493 e. The highest BCUT2D eigenvalue weighted by Gasteiger charge is 2.39. The van der Waals surface area contributed by atoms with E-state index in [4.69, 9.17) is 15.2 Å². The average molecular weight is 424 g/mol. The summed E-state index contributed by atoms with van der Waals surface area (Å²) in [6.45, 7) is 4.03. The van der Waals surface area contributed by atoms with Crippen LogP contribution in [0.15, 0.2) is 36.4 Å². The number of nitrogens with two attached hydrogens (primary N) is 1. The second-order valence-corrected chi connectivity index (χ2v) is 8.92. The molecular formula is C25H33N3O3. The summed E-state index contributed by atoms with van der Waals surface area (Å²) in [5, 5.41) is 0. The number of hydrogen-bond donors (Lipinski definition) is 1. The number of benzene rings is 2. The van der Waals surface area contributed by atoms with Gasteiger partial charge < -0.3 is 20.1 Å². The first kappa shape index (κ1) is 21.7. The van der Waals surface area contributed by atoms with E-state index in [1.54, 1.807) is 21.2 Å². The van der Waals surface area contributed by atoms with Crippen LogP contribution in [-0.2, 0) is 11.2 Å². The van der Waals surface area contributed by atoms with Gasteiger partial charge in [-0.25, -0.2) is 0 Å². The zero-order chi connectivity index (χ0) is 22.1. The first-order chi connectivity index (χ1) is 14.9. The van der Waals surface area contributed by atoms with Gasteiger partial charge in [0.15, 0.2) is 18.1 Å². The molecule has 0 spiro atoms. The van der Waals surface area contributed by atoms with Crippen molar-refractivity contribution in [1.29, 1.82) is 0 Å². The van der Waals surface area contributed by atoms with Gasteiger partial charge in [-0.05, 0) is 37.0 Å². The Bertz CT molecular complexity index is 959. The van der Waals surface area contributed by atoms with Gasteiger partial charge in [-0.3, -0.25) is 9.69 Å². The predicted octanol–water partition coefficient (Wildman–Crippen LogP) is 2.88. The molecule has 0 unspecified atom stereocenters. The lowest BCUT2D eigenvalue weighted by atomic mass is 9.78. The van der Waals surface area contributed by atoms with Crippen molar-refractivity contribution in [3.63, 3.8) is 0 Å². The molecule has 2 aromatic rings. The lowest BCUT2D eigenvalue weighted by Gasteiger charge is -2.46. The second-order valence-electron chi connectivity index (χ2n) is 8.92. The molecule has 1 saturated heterocycles. The minimum atomic E-state index is -0.0715. The standard InChI is InChI=1S/C25H33N3O3/c1-16-6-5-7-17(12-16)20-14-28-11-10-19-18(22(28)13-21(20)26)8-9-23(30-4)25(19)31-15-24(29)27(2)3/h5-9,12,20-22H,10-11,13-15,26H2,1-4H3/t20-,21+,22+/m1/s1. The van der Waals surface area contributed by atoms with Crippen molar-refractivity contribution in [2.45, 2.75) is 37.8 Å². The molecule has 6 nitrogen and oxygen atoms in total. The second kappa shape index (κ2) is 8.89. The number of likely N-dealkylation sites (N-methyl/N-ethyl adjacent to an activating group) is 1. The number of fused-ring (bicyclic) bond motifs is 3. The fraction of sp³-hybridized carbons (Fsp3) is 0.480. The van der Waals surface area contributed by atoms with Gasteiger partial charge >= 0.3 is 0 Å². The van der Waals surface area contributed by atoms with Gasteiger partial charge in [0.2, 0.25) is 0 Å². The summed E-state index contributed by atoms with van der Waals surface area (Å²) in [6, 6.07) is 13.2. The van der Waals surface area contributed by atoms with Gasteiger partial charge in [-0.2, -0.15) is 0 Å². The topological polar surface area (TPSA) is 68.0 Å². The van der Waals surface area contributed by atoms with Gasteiger partial charge in [0.1, 0.15) is 0 Å². The van der Waals surface area contributed by atoms with E-state index in [9.17, 15) is 4.79 Å². The van der Waals surface area contributed by atoms with Gasteiger partial charge in [0.25, 0.3) is 5.91 Å². The Labute approximate surface area is 184 Å². The normalized spacial score (nSPS) is 22.9. The van der Waals surface area contributed by atoms with Crippen LogP contribution in [0.25, 0.3) is 0 Å². The number of methoxy groups -OCH3 is 1. The molecule has 2 aromatic carbocycles. The lowest BCUT2D eigenvalue weighted by Crippen LogP contribution is -2.49. The van der Waals surface area contributed by atoms with E-state index < -0.39 is 0 Å². The van der Waals surface area contributed by atoms with Crippen LogP contribution in [0.2, 0.25) is 0 Å². The summed E-state index contributed by atoms with van der Waals surface area (Å²) in [5.41, 5.74) is 11.7. The Balaban J connectivity index is 1.60. The zero-order valence-electron chi connectivity index (χ0n) is 18.9. The summed E-state index contributed by atoms with van der Waals surface area (Å²) in [5.74, 6) is 1.64. The number of hydrogen-bond acceptors (Lipinski definition) is 5. The van der Waals surface area contributed by atoms with E-state index in [-0.39, 0.29) is 24.6 Å². The molecule has 1 fully saturated rings. The molecule has 0 bridgehead atoms. The molecule has 2 heterocycles. The van der Waals surface area contributed by atoms with Crippen LogP contribution in [-0.4, -0.2) is 62.7 Å². The average Bonchev–Trinajstić information content (AvgIpc) is 2.76. The third kappa shape index (κ3) is 4.27. The van der Waals surface area contributed by atoms with E-state index in [0.717, 1.165) is 31.5 Å². The summed E-state index contributed by atoms with van der Waals surface area (Å²) in [7, 11) is 5.10. The molecule has 0 saturated carbocycles. The van der Waals surface area contributed by atoms with Gasteiger partial charge in [-0.15, -0.1) is 0 Å². The SMILES string of the molecule is COc1ccc2c(c1OCC(=O)N(C)C)CCN1C[C@H](c3cccc(C)c3)[C@@H](N)C[C@@H]21. The Hall–Kier alpha value is -2.57. The highest BCUT2D eigenvalue weighted by Crippen LogP contribution is 2.45. The monoisotopic (exact) mass is 423 g/mol. The first-order valence-corrected chi connectivity index (χ1v) is 11.0. The van der Waals surface area contributed by atoms with Gasteiger partial charge in [0, 0.05) is 50.7 Å². The van der Waals surface area contributed by atoms with E-state index in [0.29, 0.717) is 17.4 Å². The van der Waals surface area contributed by atoms with Crippen molar-refractivity contribution in [3.8, 4) is 11.5 Å². The third-order valence-electron chi connectivity index (χ3n) is 6.68. The van der Waals surface area contributed by atoms with Crippen LogP contribution >= 0.6 is 0 Å². The number of piperidine rings is 1. The molecule has 0 aliphatic carbocycles. The van der Waals surface area contributed by atoms with Crippen LogP contribution in [0.3, 0.4) is 0 Å². The molecule has 2 aliphatic heterocycles. The summed E-state index contributed by atoms with van der Waals surface area (Å²) < 4.78 is 11.6. The lowest BCUT2D eigenvalue weighted by molar-refractivity contribution is -0.130. The molecule has 4 rings (SSSR count). The molecular weight excluding hydrogens is 390 g/mol. The number of ether oxygens (including phenoxy) is 2. The van der Waals surface area contributed by atoms with Crippen molar-refractivity contribution in [2.75, 3.05) is 40.9 Å². The number of carbonyl (C=O) groups excluding carboxylic acids is 1. The van der Waals surface area contributed by atoms with Crippen LogP contribution in [0, 0.1) is 6.92 Å². The summed E-state index contributed by atoms with van der Waals surface area (Å²) in [6.07, 6.45) is 1.76. The number of amides is 1. The smallest absolute Gasteiger partial charge is 0.259 e. The molecule has 2 N–H and O–H groups in total. The first-order valence-electron chi connectivity index (χ1n) is 11.0. The van der Waals surface area contributed by atoms with Crippen LogP contribution in [0.1, 0.15) is 40.6 Å². The Morgan fingerprint density at radius 1 is 1.26 bits per heavy atom. The molecule has 31 heavy (non-hydrogen) atoms. The highest BCUT2D eigenvalue weighted by molar-refractivity contribution is 5.77. The van der Waals surface area contributed by atoms with Crippen molar-refractivity contribution in [3.05, 3.63) is 58.7 Å². The molecule has 6 heteroatoms. The number of aryl methyl sites for hydroxylation is 1. The van der Waals surface area contributed by atoms with Crippen LogP contribution < -0.4 is 15.2 Å². The van der Waals surface area contributed by atoms with E-state index in [1.807, 2.05) is 6.07 Å². The summed E-state index contributed by atoms with van der Waals surface area (Å²) >= 11 is 0. The number of rotatable bonds is 5. The fourth-order valence-electron chi connectivity index (χ4n) is 4.94. The molecule has 3 atom stereocenters. The maximum absolute atomic E-state index is 12.1. The molecule has 166 valence electrons. The van der Waals surface area contributed by atoms with Crippen LogP contribution in [0.4, 0.5) is 0 Å². The number of nitrogens with zero attached hydrogens (tertiary/aromatic N) is 2. The Morgan fingerprint density at radius 3 is 2.77 bits per heavy atom. The minimum absolute atomic E-state index is 0.00312. The van der Waals surface area contributed by atoms with Crippen molar-refractivity contribution in [2.24, 2.45) is 5.73 Å². The van der Waals surface area contributed by atoms with Gasteiger partial charge in [-0.1, -0.05) is 35.9 Å². The van der Waals surface area contributed by atoms with Crippen molar-refractivity contribution in [1.82, 2.24) is 9.80 Å². The largest absolute Gasteiger partial charge is 0.493 e. The van der Waals surface area contributed by atoms with E-state index in [2.05, 4.69) is 42.2 Å². The van der Waals surface area contributed by atoms with E-state index >= 15 is 0 Å². The fourth-order valence-corrected chi connectivity index (χ4v) is 4.94. The summed E-state index contributed by atoms with van der Waals surface area (Å²) in [4.78, 5) is 16.2. The van der Waals surface area contributed by atoms with Gasteiger partial charge in [0.05, 0.1) is 7.11 Å². The van der Waals surface area contributed by atoms with Crippen LogP contribution in [0.5, 0.6) is 11.5 Å². The highest BCUT2D eigenvalue weighted by atomic mass is 16.5. The van der Waals surface area contributed by atoms with Crippen molar-refractivity contribution >= 4 is 5.91 Å². The Kier molecular flexibility index (Phi) is 6.21. The molecule has 1 amide bonds. The molecule has 0 radical (unpaired) electrons. The maximum Gasteiger partial charge on any atom is 0.259 e. The number of carbonyl (C=O) groups is 1. The van der Waals surface area contributed by atoms with Crippen molar-refractivity contribution < 1.29 is 14.3 Å². The quantitative estimate of drug-likeness (QED) is 0.801. The molecule has 2 aliphatic rings. The zero-order valence-corrected chi connectivity index (χ0v) is 18.9. The third-order valence-corrected chi connectivity index (χ3v) is 6.68.